The molecule has 0 saturated carbocycles. The van der Waals surface area contributed by atoms with Crippen LogP contribution in [0.4, 0.5) is 11.5 Å². The second kappa shape index (κ2) is 6.36. The van der Waals surface area contributed by atoms with E-state index in [1.165, 1.54) is 30.3 Å². The third-order valence-corrected chi connectivity index (χ3v) is 5.13. The summed E-state index contributed by atoms with van der Waals surface area (Å²) < 4.78 is 5.53. The fraction of sp³-hybridized carbons (Fsp3) is 0.526. The highest BCUT2D eigenvalue weighted by atomic mass is 16.5. The van der Waals surface area contributed by atoms with Crippen LogP contribution in [0.3, 0.4) is 0 Å². The fourth-order valence-corrected chi connectivity index (χ4v) is 3.79. The molecule has 4 rings (SSSR count). The zero-order valence-electron chi connectivity index (χ0n) is 13.9. The molecule has 4 heteroatoms. The molecular formula is C19H25N3O. The van der Waals surface area contributed by atoms with Gasteiger partial charge in [0.1, 0.15) is 5.82 Å². The van der Waals surface area contributed by atoms with E-state index < -0.39 is 0 Å². The van der Waals surface area contributed by atoms with Crippen molar-refractivity contribution in [3.05, 3.63) is 30.3 Å². The van der Waals surface area contributed by atoms with Crippen LogP contribution in [-0.4, -0.2) is 43.9 Å². The minimum Gasteiger partial charge on any atom is -0.378 e. The molecule has 2 fully saturated rings. The molecule has 4 nitrogen and oxygen atoms in total. The van der Waals surface area contributed by atoms with Crippen molar-refractivity contribution in [3.63, 3.8) is 0 Å². The highest BCUT2D eigenvalue weighted by molar-refractivity contribution is 5.93. The van der Waals surface area contributed by atoms with Gasteiger partial charge in [-0.3, -0.25) is 0 Å². The van der Waals surface area contributed by atoms with Gasteiger partial charge in [-0.1, -0.05) is 18.2 Å². The number of pyridine rings is 1. The van der Waals surface area contributed by atoms with Crippen LogP contribution in [0.25, 0.3) is 10.9 Å². The van der Waals surface area contributed by atoms with Gasteiger partial charge in [0.25, 0.3) is 0 Å². The molecule has 0 amide bonds. The molecule has 2 saturated heterocycles. The van der Waals surface area contributed by atoms with E-state index in [4.69, 9.17) is 9.72 Å². The molecule has 2 aliphatic rings. The van der Waals surface area contributed by atoms with Crippen molar-refractivity contribution in [2.75, 3.05) is 42.6 Å². The van der Waals surface area contributed by atoms with Gasteiger partial charge in [0.05, 0.1) is 18.7 Å². The van der Waals surface area contributed by atoms with Gasteiger partial charge < -0.3 is 14.5 Å². The Morgan fingerprint density at radius 2 is 1.91 bits per heavy atom. The molecule has 23 heavy (non-hydrogen) atoms. The van der Waals surface area contributed by atoms with Crippen molar-refractivity contribution >= 4 is 22.4 Å². The summed E-state index contributed by atoms with van der Waals surface area (Å²) >= 11 is 0. The third-order valence-electron chi connectivity index (χ3n) is 5.13. The minimum absolute atomic E-state index is 0.579. The van der Waals surface area contributed by atoms with E-state index in [1.807, 2.05) is 0 Å². The summed E-state index contributed by atoms with van der Waals surface area (Å²) in [6.07, 6.45) is 3.87. The van der Waals surface area contributed by atoms with Gasteiger partial charge in [-0.2, -0.15) is 0 Å². The number of rotatable bonds is 2. The van der Waals surface area contributed by atoms with Crippen molar-refractivity contribution in [3.8, 4) is 0 Å². The number of benzene rings is 1. The maximum Gasteiger partial charge on any atom is 0.131 e. The smallest absolute Gasteiger partial charge is 0.131 e. The Labute approximate surface area is 138 Å². The number of anilines is 2. The monoisotopic (exact) mass is 311 g/mol. The number of piperidine rings is 1. The predicted molar refractivity (Wildman–Crippen MR) is 95.4 cm³/mol. The molecule has 0 radical (unpaired) electrons. The van der Waals surface area contributed by atoms with Crippen LogP contribution in [0.2, 0.25) is 0 Å². The average Bonchev–Trinajstić information content (AvgIpc) is 2.62. The number of aromatic nitrogens is 1. The van der Waals surface area contributed by atoms with Gasteiger partial charge in [0.2, 0.25) is 0 Å². The van der Waals surface area contributed by atoms with Crippen LogP contribution in [-0.2, 0) is 4.74 Å². The van der Waals surface area contributed by atoms with Gasteiger partial charge in [-0.15, -0.1) is 0 Å². The van der Waals surface area contributed by atoms with Crippen molar-refractivity contribution < 1.29 is 4.74 Å². The van der Waals surface area contributed by atoms with Crippen LogP contribution in [0.1, 0.15) is 26.2 Å². The summed E-state index contributed by atoms with van der Waals surface area (Å²) in [6.45, 7) is 6.99. The highest BCUT2D eigenvalue weighted by Gasteiger charge is 2.22. The lowest BCUT2D eigenvalue weighted by Crippen LogP contribution is -2.39. The first-order chi connectivity index (χ1) is 11.3. The first-order valence-corrected chi connectivity index (χ1v) is 8.82. The molecule has 0 aliphatic carbocycles. The minimum atomic E-state index is 0.579. The quantitative estimate of drug-likeness (QED) is 0.849. The van der Waals surface area contributed by atoms with E-state index >= 15 is 0 Å². The summed E-state index contributed by atoms with van der Waals surface area (Å²) in [6, 6.07) is 11.4. The molecule has 0 N–H and O–H groups in total. The second-order valence-electron chi connectivity index (χ2n) is 6.65. The normalized spacial score (nSPS) is 22.6. The number of hydrogen-bond acceptors (Lipinski definition) is 4. The lowest BCUT2D eigenvalue weighted by molar-refractivity contribution is 0.123. The number of hydrogen-bond donors (Lipinski definition) is 0. The molecule has 1 atom stereocenters. The zero-order chi connectivity index (χ0) is 15.6. The predicted octanol–water partition coefficient (Wildman–Crippen LogP) is 3.45. The third kappa shape index (κ3) is 2.88. The molecule has 1 aromatic heterocycles. The number of para-hydroxylation sites is 1. The Balaban J connectivity index is 1.79. The summed E-state index contributed by atoms with van der Waals surface area (Å²) in [5.41, 5.74) is 2.41. The van der Waals surface area contributed by atoms with Crippen molar-refractivity contribution in [2.24, 2.45) is 0 Å². The molecule has 2 aliphatic heterocycles. The van der Waals surface area contributed by atoms with E-state index in [1.54, 1.807) is 0 Å². The first kappa shape index (κ1) is 14.8. The number of morpholine rings is 1. The number of fused-ring (bicyclic) bond motifs is 1. The van der Waals surface area contributed by atoms with Gasteiger partial charge in [-0.25, -0.2) is 4.98 Å². The summed E-state index contributed by atoms with van der Waals surface area (Å²) in [4.78, 5) is 9.91. The fourth-order valence-electron chi connectivity index (χ4n) is 3.79. The Morgan fingerprint density at radius 1 is 1.09 bits per heavy atom. The van der Waals surface area contributed by atoms with Gasteiger partial charge >= 0.3 is 0 Å². The largest absolute Gasteiger partial charge is 0.378 e. The van der Waals surface area contributed by atoms with Crippen molar-refractivity contribution in [2.45, 2.75) is 32.2 Å². The molecule has 2 aromatic rings. The van der Waals surface area contributed by atoms with Crippen molar-refractivity contribution in [1.29, 1.82) is 0 Å². The van der Waals surface area contributed by atoms with E-state index in [9.17, 15) is 0 Å². The van der Waals surface area contributed by atoms with E-state index in [0.29, 0.717) is 6.04 Å². The standard InChI is InChI=1S/C19H25N3O/c1-15-6-4-5-9-22(15)19-14-18(21-10-12-23-13-11-21)16-7-2-3-8-17(16)20-19/h2-3,7-8,14-15H,4-6,9-13H2,1H3/t15-/m0/s1. The van der Waals surface area contributed by atoms with Crippen LogP contribution in [0.5, 0.6) is 0 Å². The van der Waals surface area contributed by atoms with E-state index in [-0.39, 0.29) is 0 Å². The summed E-state index contributed by atoms with van der Waals surface area (Å²) in [5, 5.41) is 1.25. The van der Waals surface area contributed by atoms with Crippen LogP contribution in [0.15, 0.2) is 30.3 Å². The van der Waals surface area contributed by atoms with Gasteiger partial charge in [0.15, 0.2) is 0 Å². The SMILES string of the molecule is C[C@H]1CCCCN1c1cc(N2CCOCC2)c2ccccc2n1. The number of ether oxygens (including phenoxy) is 1. The van der Waals surface area contributed by atoms with Crippen LogP contribution < -0.4 is 9.80 Å². The average molecular weight is 311 g/mol. The topological polar surface area (TPSA) is 28.6 Å². The van der Waals surface area contributed by atoms with Gasteiger partial charge in [-0.05, 0) is 32.3 Å². The maximum absolute atomic E-state index is 5.53. The molecule has 0 unspecified atom stereocenters. The Hall–Kier alpha value is -1.81. The summed E-state index contributed by atoms with van der Waals surface area (Å²) in [5.74, 6) is 1.14. The number of nitrogens with zero attached hydrogens (tertiary/aromatic N) is 3. The molecule has 3 heterocycles. The maximum atomic E-state index is 5.53. The molecule has 1 aromatic carbocycles. The Kier molecular flexibility index (Phi) is 4.08. The Bertz CT molecular complexity index is 681. The van der Waals surface area contributed by atoms with E-state index in [0.717, 1.165) is 44.2 Å². The lowest BCUT2D eigenvalue weighted by atomic mass is 10.0. The van der Waals surface area contributed by atoms with Gasteiger partial charge in [0, 0.05) is 42.8 Å². The Morgan fingerprint density at radius 3 is 2.74 bits per heavy atom. The molecular weight excluding hydrogens is 286 g/mol. The first-order valence-electron chi connectivity index (χ1n) is 8.82. The summed E-state index contributed by atoms with van der Waals surface area (Å²) in [7, 11) is 0. The second-order valence-corrected chi connectivity index (χ2v) is 6.65. The van der Waals surface area contributed by atoms with Crippen LogP contribution >= 0.6 is 0 Å². The zero-order valence-corrected chi connectivity index (χ0v) is 13.9. The lowest BCUT2D eigenvalue weighted by Gasteiger charge is -2.36. The molecule has 0 bridgehead atoms. The molecule has 0 spiro atoms. The van der Waals surface area contributed by atoms with Crippen LogP contribution in [0, 0.1) is 0 Å². The van der Waals surface area contributed by atoms with E-state index in [2.05, 4.69) is 47.1 Å². The molecule has 122 valence electrons. The highest BCUT2D eigenvalue weighted by Crippen LogP contribution is 2.32. The van der Waals surface area contributed by atoms with Crippen molar-refractivity contribution in [1.82, 2.24) is 4.98 Å².